The van der Waals surface area contributed by atoms with Crippen LogP contribution >= 0.6 is 0 Å². The van der Waals surface area contributed by atoms with Crippen LogP contribution in [0, 0.1) is 11.8 Å². The average Bonchev–Trinajstić information content (AvgIpc) is 3.81. The van der Waals surface area contributed by atoms with E-state index in [-0.39, 0.29) is 36.4 Å². The Kier molecular flexibility index (Phi) is 8.09. The van der Waals surface area contributed by atoms with E-state index in [1.165, 1.54) is 5.06 Å². The first kappa shape index (κ1) is 29.1. The Hall–Kier alpha value is -3.99. The van der Waals surface area contributed by atoms with Crippen molar-refractivity contribution in [3.8, 4) is 11.1 Å². The number of aliphatic hydroxyl groups is 1. The lowest BCUT2D eigenvalue weighted by Crippen LogP contribution is -2.37. The topological polar surface area (TPSA) is 148 Å². The minimum absolute atomic E-state index is 0.0157. The van der Waals surface area contributed by atoms with E-state index in [4.69, 9.17) is 16.3 Å². The monoisotopic (exact) mass is 600 g/mol. The van der Waals surface area contributed by atoms with Crippen molar-refractivity contribution in [1.82, 2.24) is 5.06 Å². The lowest BCUT2D eigenvalue weighted by Gasteiger charge is -2.33. The molecule has 3 aliphatic rings. The highest BCUT2D eigenvalue weighted by Gasteiger charge is 2.39. The van der Waals surface area contributed by atoms with Crippen molar-refractivity contribution < 1.29 is 23.2 Å². The van der Waals surface area contributed by atoms with Gasteiger partial charge < -0.3 is 16.6 Å². The lowest BCUT2D eigenvalue weighted by atomic mass is 9.86. The fourth-order valence-electron chi connectivity index (χ4n) is 5.49. The summed E-state index contributed by atoms with van der Waals surface area (Å²) in [5.74, 6) is 0.536. The van der Waals surface area contributed by atoms with Crippen LogP contribution in [0.5, 0.6) is 0 Å². The Morgan fingerprint density at radius 2 is 1.72 bits per heavy atom. The van der Waals surface area contributed by atoms with E-state index in [9.17, 15) is 18.3 Å². The molecule has 2 aliphatic carbocycles. The molecule has 3 aromatic carbocycles. The summed E-state index contributed by atoms with van der Waals surface area (Å²) >= 11 is 0. The molecule has 0 spiro atoms. The molecule has 43 heavy (non-hydrogen) atoms. The van der Waals surface area contributed by atoms with Crippen LogP contribution in [0.2, 0.25) is 0 Å². The second-order valence-corrected chi connectivity index (χ2v) is 14.0. The van der Waals surface area contributed by atoms with Gasteiger partial charge in [-0.2, -0.15) is 0 Å². The third-order valence-corrected chi connectivity index (χ3v) is 10.5. The SMILES string of the molecule is NC1=Nc2cc(-c3cccc(S(=O)(=O)C4CC(CO)C4)c3)ccc2C=C(C(=O)N(CC2CC2)OCc2ccc(N)cc2)C1. The number of benzene rings is 3. The van der Waals surface area contributed by atoms with Gasteiger partial charge in [-0.05, 0) is 90.6 Å². The molecule has 6 rings (SSSR count). The van der Waals surface area contributed by atoms with Gasteiger partial charge in [0.15, 0.2) is 9.84 Å². The highest BCUT2D eigenvalue weighted by atomic mass is 32.2. The third kappa shape index (κ3) is 6.51. The number of hydrogen-bond donors (Lipinski definition) is 3. The van der Waals surface area contributed by atoms with E-state index in [2.05, 4.69) is 4.99 Å². The molecular weight excluding hydrogens is 564 g/mol. The van der Waals surface area contributed by atoms with Gasteiger partial charge in [-0.25, -0.2) is 18.5 Å². The number of amides is 1. The van der Waals surface area contributed by atoms with Crippen LogP contribution in [0.25, 0.3) is 17.2 Å². The van der Waals surface area contributed by atoms with Gasteiger partial charge in [0.25, 0.3) is 5.91 Å². The van der Waals surface area contributed by atoms with Crippen molar-refractivity contribution in [2.24, 2.45) is 22.6 Å². The average molecular weight is 601 g/mol. The van der Waals surface area contributed by atoms with Crippen molar-refractivity contribution in [2.45, 2.75) is 48.9 Å². The summed E-state index contributed by atoms with van der Waals surface area (Å²) in [6.07, 6.45) is 5.08. The van der Waals surface area contributed by atoms with Gasteiger partial charge in [0, 0.05) is 29.9 Å². The smallest absolute Gasteiger partial charge is 0.273 e. The van der Waals surface area contributed by atoms with Crippen LogP contribution in [0.1, 0.15) is 43.2 Å². The molecule has 1 amide bonds. The van der Waals surface area contributed by atoms with Crippen LogP contribution in [0.3, 0.4) is 0 Å². The summed E-state index contributed by atoms with van der Waals surface area (Å²) in [7, 11) is -3.49. The second-order valence-electron chi connectivity index (χ2n) is 11.8. The van der Waals surface area contributed by atoms with Crippen LogP contribution in [0.4, 0.5) is 11.4 Å². The summed E-state index contributed by atoms with van der Waals surface area (Å²) < 4.78 is 26.3. The molecule has 0 unspecified atom stereocenters. The highest BCUT2D eigenvalue weighted by molar-refractivity contribution is 7.92. The summed E-state index contributed by atoms with van der Waals surface area (Å²) in [5, 5.41) is 10.3. The number of rotatable bonds is 10. The molecule has 2 saturated carbocycles. The van der Waals surface area contributed by atoms with Gasteiger partial charge in [-0.1, -0.05) is 36.4 Å². The van der Waals surface area contributed by atoms with E-state index in [0.717, 1.165) is 35.1 Å². The van der Waals surface area contributed by atoms with Crippen molar-refractivity contribution in [2.75, 3.05) is 18.9 Å². The zero-order chi connectivity index (χ0) is 30.1. The maximum absolute atomic E-state index is 13.7. The number of aliphatic imine (C=N–C) groups is 1. The number of amidine groups is 1. The van der Waals surface area contributed by atoms with Gasteiger partial charge >= 0.3 is 0 Å². The van der Waals surface area contributed by atoms with Crippen molar-refractivity contribution in [3.63, 3.8) is 0 Å². The molecule has 1 heterocycles. The number of anilines is 1. The number of nitrogen functional groups attached to an aromatic ring is 1. The summed E-state index contributed by atoms with van der Waals surface area (Å²) in [6, 6.07) is 19.9. The minimum atomic E-state index is -3.49. The number of carbonyl (C=O) groups is 1. The second kappa shape index (κ2) is 11.9. The Labute approximate surface area is 251 Å². The van der Waals surface area contributed by atoms with Crippen LogP contribution in [-0.4, -0.2) is 48.7 Å². The quantitative estimate of drug-likeness (QED) is 0.227. The van der Waals surface area contributed by atoms with E-state index in [0.29, 0.717) is 48.1 Å². The standard InChI is InChI=1S/C33H36N4O5S/c34-28-10-6-22(7-11-28)20-42-37(18-21-4-5-21)33(39)27-14-26-9-8-25(16-31(26)36-32(35)17-27)24-2-1-3-29(15-24)43(40,41)30-12-23(13-30)19-38/h1-3,6-11,14-16,21,23,30,38H,4-5,12-13,17-20,34H2,(H2,35,36). The van der Waals surface area contributed by atoms with Crippen LogP contribution in [0.15, 0.2) is 82.2 Å². The first-order valence-corrected chi connectivity index (χ1v) is 16.2. The Balaban J connectivity index is 1.23. The number of hydrogen-bond acceptors (Lipinski definition) is 8. The zero-order valence-corrected chi connectivity index (χ0v) is 24.7. The molecule has 2 fully saturated rings. The fourth-order valence-corrected chi connectivity index (χ4v) is 7.48. The Morgan fingerprint density at radius 3 is 2.44 bits per heavy atom. The molecule has 0 atom stereocenters. The lowest BCUT2D eigenvalue weighted by molar-refractivity contribution is -0.188. The molecular formula is C33H36N4O5S. The van der Waals surface area contributed by atoms with Crippen molar-refractivity contribution in [3.05, 3.63) is 83.4 Å². The number of nitrogens with zero attached hydrogens (tertiary/aromatic N) is 2. The van der Waals surface area contributed by atoms with Gasteiger partial charge in [0.05, 0.1) is 22.4 Å². The molecule has 5 N–H and O–H groups in total. The predicted octanol–water partition coefficient (Wildman–Crippen LogP) is 4.63. The Morgan fingerprint density at radius 1 is 0.977 bits per heavy atom. The normalized spacial score (nSPS) is 19.8. The van der Waals surface area contributed by atoms with Crippen LogP contribution in [-0.2, 0) is 26.1 Å². The van der Waals surface area contributed by atoms with Crippen molar-refractivity contribution in [1.29, 1.82) is 0 Å². The predicted molar refractivity (Wildman–Crippen MR) is 167 cm³/mol. The summed E-state index contributed by atoms with van der Waals surface area (Å²) in [4.78, 5) is 24.6. The van der Waals surface area contributed by atoms with E-state index < -0.39 is 15.1 Å². The van der Waals surface area contributed by atoms with E-state index in [1.807, 2.05) is 42.5 Å². The van der Waals surface area contributed by atoms with E-state index >= 15 is 0 Å². The van der Waals surface area contributed by atoms with Gasteiger partial charge in [-0.3, -0.25) is 9.63 Å². The highest BCUT2D eigenvalue weighted by Crippen LogP contribution is 2.38. The number of carbonyl (C=O) groups excluding carboxylic acids is 1. The first-order chi connectivity index (χ1) is 20.7. The molecule has 224 valence electrons. The molecule has 3 aromatic rings. The largest absolute Gasteiger partial charge is 0.399 e. The molecule has 10 heteroatoms. The zero-order valence-electron chi connectivity index (χ0n) is 23.9. The van der Waals surface area contributed by atoms with E-state index in [1.54, 1.807) is 30.3 Å². The minimum Gasteiger partial charge on any atom is -0.399 e. The number of nitrogens with two attached hydrogens (primary N) is 2. The molecule has 9 nitrogen and oxygen atoms in total. The maximum atomic E-state index is 13.7. The van der Waals surface area contributed by atoms with Crippen LogP contribution < -0.4 is 11.5 Å². The van der Waals surface area contributed by atoms with Crippen molar-refractivity contribution >= 4 is 39.0 Å². The first-order valence-electron chi connectivity index (χ1n) is 14.6. The molecule has 0 aromatic heterocycles. The maximum Gasteiger partial charge on any atom is 0.273 e. The molecule has 0 saturated heterocycles. The number of fused-ring (bicyclic) bond motifs is 1. The summed E-state index contributed by atoms with van der Waals surface area (Å²) in [5.41, 5.74) is 17.0. The number of sulfone groups is 1. The van der Waals surface area contributed by atoms with Gasteiger partial charge in [0.2, 0.25) is 0 Å². The molecule has 0 bridgehead atoms. The molecule has 1 aliphatic heterocycles. The fraction of sp³-hybridized carbons (Fsp3) is 0.333. The Bertz CT molecular complexity index is 1690. The van der Waals surface area contributed by atoms with Gasteiger partial charge in [-0.15, -0.1) is 0 Å². The number of hydroxylamine groups is 2. The summed E-state index contributed by atoms with van der Waals surface area (Å²) in [6.45, 7) is 0.767. The number of aliphatic hydroxyl groups excluding tert-OH is 1. The van der Waals surface area contributed by atoms with Gasteiger partial charge in [0.1, 0.15) is 12.4 Å². The molecule has 0 radical (unpaired) electrons. The third-order valence-electron chi connectivity index (χ3n) is 8.37.